The van der Waals surface area contributed by atoms with Crippen molar-refractivity contribution in [2.24, 2.45) is 0 Å². The molecule has 0 aliphatic rings. The van der Waals surface area contributed by atoms with Gasteiger partial charge >= 0.3 is 0 Å². The van der Waals surface area contributed by atoms with Crippen LogP contribution >= 0.6 is 11.6 Å². The van der Waals surface area contributed by atoms with Gasteiger partial charge in [-0.2, -0.15) is 0 Å². The van der Waals surface area contributed by atoms with Crippen LogP contribution in [0.2, 0.25) is 5.15 Å². The van der Waals surface area contributed by atoms with E-state index in [1.54, 1.807) is 7.11 Å². The van der Waals surface area contributed by atoms with Crippen LogP contribution in [0.1, 0.15) is 5.56 Å². The summed E-state index contributed by atoms with van der Waals surface area (Å²) in [5.41, 5.74) is 7.70. The predicted molar refractivity (Wildman–Crippen MR) is 93.3 cm³/mol. The van der Waals surface area contributed by atoms with Crippen molar-refractivity contribution in [3.63, 3.8) is 0 Å². The molecule has 3 aromatic rings. The normalized spacial score (nSPS) is 10.3. The van der Waals surface area contributed by atoms with E-state index >= 15 is 0 Å². The molecule has 0 aliphatic carbocycles. The molecule has 1 aromatic heterocycles. The van der Waals surface area contributed by atoms with Crippen molar-refractivity contribution < 1.29 is 4.74 Å². The van der Waals surface area contributed by atoms with Crippen molar-refractivity contribution in [3.05, 3.63) is 65.8 Å². The quantitative estimate of drug-likeness (QED) is 0.697. The Balaban J connectivity index is 1.77. The van der Waals surface area contributed by atoms with E-state index < -0.39 is 0 Å². The van der Waals surface area contributed by atoms with Crippen molar-refractivity contribution in [3.8, 4) is 5.75 Å². The standard InChI is InChI=1S/C17H15ClN4O/c1-11(12-7-9-13(23-2)10-8-12)19-21-17-15-6-4-3-5-14(15)16(18)20-22-17/h3-10,19H,1H2,2H3,(H,21,22). The van der Waals surface area contributed by atoms with E-state index in [0.717, 1.165) is 22.1 Å². The Bertz CT molecular complexity index is 849. The number of hydrogen-bond donors (Lipinski definition) is 2. The Labute approximate surface area is 138 Å². The van der Waals surface area contributed by atoms with Crippen LogP contribution in [0, 0.1) is 0 Å². The Morgan fingerprint density at radius 2 is 1.74 bits per heavy atom. The number of hydrazine groups is 1. The van der Waals surface area contributed by atoms with Gasteiger partial charge in [-0.15, -0.1) is 10.2 Å². The number of anilines is 1. The van der Waals surface area contributed by atoms with Crippen molar-refractivity contribution in [1.29, 1.82) is 0 Å². The third-order valence-corrected chi connectivity index (χ3v) is 3.69. The zero-order chi connectivity index (χ0) is 16.2. The van der Waals surface area contributed by atoms with Gasteiger partial charge in [-0.3, -0.25) is 10.9 Å². The van der Waals surface area contributed by atoms with Gasteiger partial charge in [0.1, 0.15) is 5.75 Å². The topological polar surface area (TPSA) is 59.1 Å². The Morgan fingerprint density at radius 3 is 2.43 bits per heavy atom. The fourth-order valence-corrected chi connectivity index (χ4v) is 2.37. The first kappa shape index (κ1) is 15.1. The molecule has 0 atom stereocenters. The van der Waals surface area contributed by atoms with Gasteiger partial charge in [0, 0.05) is 10.8 Å². The SMILES string of the molecule is C=C(NNc1nnc(Cl)c2ccccc12)c1ccc(OC)cc1. The lowest BCUT2D eigenvalue weighted by atomic mass is 10.2. The minimum atomic E-state index is 0.375. The third-order valence-electron chi connectivity index (χ3n) is 3.41. The second-order valence-corrected chi connectivity index (χ2v) is 5.20. The summed E-state index contributed by atoms with van der Waals surface area (Å²) < 4.78 is 5.14. The molecule has 2 N–H and O–H groups in total. The van der Waals surface area contributed by atoms with Crippen LogP contribution < -0.4 is 15.6 Å². The highest BCUT2D eigenvalue weighted by molar-refractivity contribution is 6.34. The maximum Gasteiger partial charge on any atom is 0.175 e. The number of halogens is 1. The highest BCUT2D eigenvalue weighted by atomic mass is 35.5. The summed E-state index contributed by atoms with van der Waals surface area (Å²) in [5, 5.41) is 10.1. The second-order valence-electron chi connectivity index (χ2n) is 4.84. The number of nitrogens with zero attached hydrogens (tertiary/aromatic N) is 2. The molecule has 23 heavy (non-hydrogen) atoms. The van der Waals surface area contributed by atoms with Crippen LogP contribution in [0.15, 0.2) is 55.1 Å². The molecule has 0 spiro atoms. The van der Waals surface area contributed by atoms with E-state index in [-0.39, 0.29) is 0 Å². The molecule has 0 radical (unpaired) electrons. The molecular weight excluding hydrogens is 312 g/mol. The summed E-state index contributed by atoms with van der Waals surface area (Å²) in [6, 6.07) is 15.2. The monoisotopic (exact) mass is 326 g/mol. The summed E-state index contributed by atoms with van der Waals surface area (Å²) >= 11 is 6.06. The lowest BCUT2D eigenvalue weighted by Gasteiger charge is -2.13. The highest BCUT2D eigenvalue weighted by Crippen LogP contribution is 2.25. The van der Waals surface area contributed by atoms with E-state index in [1.165, 1.54) is 0 Å². The lowest BCUT2D eigenvalue weighted by molar-refractivity contribution is 0.415. The third kappa shape index (κ3) is 3.19. The van der Waals surface area contributed by atoms with E-state index in [0.29, 0.717) is 16.7 Å². The minimum Gasteiger partial charge on any atom is -0.497 e. The first-order valence-electron chi connectivity index (χ1n) is 6.95. The van der Waals surface area contributed by atoms with Crippen LogP contribution in [0.3, 0.4) is 0 Å². The maximum atomic E-state index is 6.06. The lowest BCUT2D eigenvalue weighted by Crippen LogP contribution is -2.20. The summed E-state index contributed by atoms with van der Waals surface area (Å²) in [5.74, 6) is 1.38. The van der Waals surface area contributed by atoms with Gasteiger partial charge in [0.05, 0.1) is 12.8 Å². The van der Waals surface area contributed by atoms with Gasteiger partial charge in [-0.1, -0.05) is 42.4 Å². The van der Waals surface area contributed by atoms with E-state index in [2.05, 4.69) is 27.6 Å². The number of aromatic nitrogens is 2. The van der Waals surface area contributed by atoms with Crippen molar-refractivity contribution >= 4 is 33.9 Å². The first-order valence-corrected chi connectivity index (χ1v) is 7.33. The first-order chi connectivity index (χ1) is 11.2. The van der Waals surface area contributed by atoms with Crippen LogP contribution in [-0.4, -0.2) is 17.3 Å². The van der Waals surface area contributed by atoms with Gasteiger partial charge in [0.2, 0.25) is 0 Å². The Hall–Kier alpha value is -2.79. The largest absolute Gasteiger partial charge is 0.497 e. The van der Waals surface area contributed by atoms with Crippen molar-refractivity contribution in [1.82, 2.24) is 15.6 Å². The minimum absolute atomic E-state index is 0.375. The predicted octanol–water partition coefficient (Wildman–Crippen LogP) is 3.88. The number of fused-ring (bicyclic) bond motifs is 1. The molecule has 6 heteroatoms. The van der Waals surface area contributed by atoms with E-state index in [9.17, 15) is 0 Å². The van der Waals surface area contributed by atoms with Crippen LogP contribution in [0.5, 0.6) is 5.75 Å². The summed E-state index contributed by atoms with van der Waals surface area (Å²) in [7, 11) is 1.63. The second kappa shape index (κ2) is 6.54. The summed E-state index contributed by atoms with van der Waals surface area (Å²) in [6.45, 7) is 4.00. The fraction of sp³-hybridized carbons (Fsp3) is 0.0588. The molecule has 2 aromatic carbocycles. The molecule has 0 saturated carbocycles. The molecule has 1 heterocycles. The molecule has 0 amide bonds. The van der Waals surface area contributed by atoms with E-state index in [4.69, 9.17) is 16.3 Å². The van der Waals surface area contributed by atoms with Crippen LogP contribution in [0.25, 0.3) is 16.5 Å². The van der Waals surface area contributed by atoms with Gasteiger partial charge < -0.3 is 4.74 Å². The number of hydrogen-bond acceptors (Lipinski definition) is 5. The number of benzene rings is 2. The number of rotatable bonds is 5. The van der Waals surface area contributed by atoms with Gasteiger partial charge in [-0.25, -0.2) is 0 Å². The summed E-state index contributed by atoms with van der Waals surface area (Å²) in [6.07, 6.45) is 0. The number of nitrogens with one attached hydrogen (secondary N) is 2. The Kier molecular flexibility index (Phi) is 4.30. The zero-order valence-corrected chi connectivity index (χ0v) is 13.3. The van der Waals surface area contributed by atoms with Crippen molar-refractivity contribution in [2.75, 3.05) is 12.5 Å². The average Bonchev–Trinajstić information content (AvgIpc) is 2.61. The van der Waals surface area contributed by atoms with Crippen LogP contribution in [-0.2, 0) is 0 Å². The molecule has 0 unspecified atom stereocenters. The van der Waals surface area contributed by atoms with Gasteiger partial charge in [-0.05, 0) is 29.8 Å². The highest BCUT2D eigenvalue weighted by Gasteiger charge is 2.07. The molecular formula is C17H15ClN4O. The number of ether oxygens (including phenoxy) is 1. The molecule has 0 fully saturated rings. The Morgan fingerprint density at radius 1 is 1.04 bits per heavy atom. The fourth-order valence-electron chi connectivity index (χ4n) is 2.16. The van der Waals surface area contributed by atoms with Gasteiger partial charge in [0.15, 0.2) is 11.0 Å². The van der Waals surface area contributed by atoms with E-state index in [1.807, 2.05) is 48.5 Å². The molecule has 0 aliphatic heterocycles. The number of methoxy groups -OCH3 is 1. The molecule has 0 saturated heterocycles. The van der Waals surface area contributed by atoms with Crippen molar-refractivity contribution in [2.45, 2.75) is 0 Å². The molecule has 0 bridgehead atoms. The van der Waals surface area contributed by atoms with Crippen LogP contribution in [0.4, 0.5) is 5.82 Å². The zero-order valence-electron chi connectivity index (χ0n) is 12.5. The molecule has 3 rings (SSSR count). The molecule has 5 nitrogen and oxygen atoms in total. The van der Waals surface area contributed by atoms with Gasteiger partial charge in [0.25, 0.3) is 0 Å². The average molecular weight is 327 g/mol. The summed E-state index contributed by atoms with van der Waals surface area (Å²) in [4.78, 5) is 0. The maximum absolute atomic E-state index is 6.06. The molecule has 116 valence electrons. The smallest absolute Gasteiger partial charge is 0.175 e.